The van der Waals surface area contributed by atoms with Crippen molar-refractivity contribution in [3.05, 3.63) is 66.7 Å². The lowest BCUT2D eigenvalue weighted by molar-refractivity contribution is -0.135. The van der Waals surface area contributed by atoms with Gasteiger partial charge in [0.15, 0.2) is 0 Å². The van der Waals surface area contributed by atoms with Gasteiger partial charge in [0.05, 0.1) is 0 Å². The van der Waals surface area contributed by atoms with Gasteiger partial charge in [-0.05, 0) is 17.2 Å². The Bertz CT molecular complexity index is 923. The molecule has 0 bridgehead atoms. The van der Waals surface area contributed by atoms with Gasteiger partial charge in [0.25, 0.3) is 10.0 Å². The van der Waals surface area contributed by atoms with Crippen molar-refractivity contribution < 1.29 is 18.3 Å². The second-order valence-electron chi connectivity index (χ2n) is 5.26. The molecule has 0 atom stereocenters. The fourth-order valence-electron chi connectivity index (χ4n) is 2.36. The monoisotopic (exact) mass is 373 g/mol. The van der Waals surface area contributed by atoms with Gasteiger partial charge in [-0.1, -0.05) is 60.7 Å². The highest BCUT2D eigenvalue weighted by Crippen LogP contribution is 2.40. The molecule has 128 valence electrons. The van der Waals surface area contributed by atoms with E-state index in [0.29, 0.717) is 0 Å². The normalized spacial score (nSPS) is 11.4. The van der Waals surface area contributed by atoms with Crippen molar-refractivity contribution >= 4 is 27.3 Å². The summed E-state index contributed by atoms with van der Waals surface area (Å²) in [7, 11) is -3.89. The van der Waals surface area contributed by atoms with Crippen LogP contribution in [0, 0.1) is 0 Å². The first-order valence-corrected chi connectivity index (χ1v) is 9.73. The van der Waals surface area contributed by atoms with E-state index in [-0.39, 0.29) is 4.21 Å². The molecule has 2 aromatic carbocycles. The quantitative estimate of drug-likeness (QED) is 0.693. The van der Waals surface area contributed by atoms with Crippen molar-refractivity contribution in [3.63, 3.8) is 0 Å². The van der Waals surface area contributed by atoms with Crippen molar-refractivity contribution in [2.75, 3.05) is 6.54 Å². The molecule has 2 N–H and O–H groups in total. The minimum atomic E-state index is -3.89. The predicted octanol–water partition coefficient (Wildman–Crippen LogP) is 3.45. The molecule has 3 aromatic rings. The summed E-state index contributed by atoms with van der Waals surface area (Å²) in [6.45, 7) is -0.651. The molecule has 25 heavy (non-hydrogen) atoms. The molecule has 0 saturated heterocycles. The van der Waals surface area contributed by atoms with Crippen LogP contribution in [0.1, 0.15) is 0 Å². The SMILES string of the molecule is O=C(O)CNS(=O)(=O)c1cc(-c2ccccc2)c(-c2ccccc2)s1. The zero-order valence-corrected chi connectivity index (χ0v) is 14.7. The molecule has 0 saturated carbocycles. The number of aliphatic carboxylic acids is 1. The Morgan fingerprint density at radius 1 is 0.960 bits per heavy atom. The highest BCUT2D eigenvalue weighted by atomic mass is 32.2. The highest BCUT2D eigenvalue weighted by Gasteiger charge is 2.22. The Hall–Kier alpha value is -2.48. The van der Waals surface area contributed by atoms with Crippen molar-refractivity contribution in [2.24, 2.45) is 0 Å². The van der Waals surface area contributed by atoms with E-state index in [1.807, 2.05) is 60.7 Å². The van der Waals surface area contributed by atoms with Gasteiger partial charge in [0.1, 0.15) is 10.8 Å². The molecule has 3 rings (SSSR count). The van der Waals surface area contributed by atoms with Gasteiger partial charge in [-0.3, -0.25) is 4.79 Å². The van der Waals surface area contributed by atoms with Gasteiger partial charge in [0.2, 0.25) is 0 Å². The molecule has 1 aromatic heterocycles. The zero-order chi connectivity index (χ0) is 17.9. The third-order valence-corrected chi connectivity index (χ3v) is 6.57. The number of carboxylic acid groups (broad SMARTS) is 1. The fourth-order valence-corrected chi connectivity index (χ4v) is 4.88. The van der Waals surface area contributed by atoms with Crippen molar-refractivity contribution in [1.29, 1.82) is 0 Å². The topological polar surface area (TPSA) is 83.5 Å². The minimum Gasteiger partial charge on any atom is -0.480 e. The lowest BCUT2D eigenvalue weighted by Gasteiger charge is -2.03. The number of hydrogen-bond acceptors (Lipinski definition) is 4. The Morgan fingerprint density at radius 2 is 1.52 bits per heavy atom. The second-order valence-corrected chi connectivity index (χ2v) is 8.30. The summed E-state index contributed by atoms with van der Waals surface area (Å²) in [5.41, 5.74) is 2.61. The van der Waals surface area contributed by atoms with Crippen LogP contribution in [0.4, 0.5) is 0 Å². The van der Waals surface area contributed by atoms with Gasteiger partial charge in [-0.25, -0.2) is 8.42 Å². The number of thiophene rings is 1. The van der Waals surface area contributed by atoms with Gasteiger partial charge >= 0.3 is 5.97 Å². The number of sulfonamides is 1. The Kier molecular flexibility index (Phi) is 4.98. The number of carboxylic acids is 1. The standard InChI is InChI=1S/C18H15NO4S2/c20-16(21)12-19-25(22,23)17-11-15(13-7-3-1-4-8-13)18(24-17)14-9-5-2-6-10-14/h1-11,19H,12H2,(H,20,21). The smallest absolute Gasteiger partial charge is 0.318 e. The summed E-state index contributed by atoms with van der Waals surface area (Å²) in [6, 6.07) is 20.6. The fraction of sp³-hybridized carbons (Fsp3) is 0.0556. The van der Waals surface area contributed by atoms with E-state index in [0.717, 1.165) is 32.9 Å². The molecule has 5 nitrogen and oxygen atoms in total. The predicted molar refractivity (Wildman–Crippen MR) is 98.0 cm³/mol. The molecule has 0 aliphatic carbocycles. The minimum absolute atomic E-state index is 0.0893. The zero-order valence-electron chi connectivity index (χ0n) is 13.0. The number of benzene rings is 2. The average molecular weight is 373 g/mol. The number of rotatable bonds is 6. The van der Waals surface area contributed by atoms with Crippen LogP contribution in [0.2, 0.25) is 0 Å². The van der Waals surface area contributed by atoms with Crippen molar-refractivity contribution in [1.82, 2.24) is 4.72 Å². The molecule has 0 unspecified atom stereocenters. The van der Waals surface area contributed by atoms with E-state index < -0.39 is 22.5 Å². The van der Waals surface area contributed by atoms with Gasteiger partial charge in [-0.15, -0.1) is 11.3 Å². The van der Waals surface area contributed by atoms with Crippen LogP contribution in [-0.4, -0.2) is 26.0 Å². The first kappa shape index (κ1) is 17.3. The second kappa shape index (κ2) is 7.18. The lowest BCUT2D eigenvalue weighted by atomic mass is 10.0. The number of carbonyl (C=O) groups is 1. The van der Waals surface area contributed by atoms with Crippen molar-refractivity contribution in [3.8, 4) is 21.6 Å². The molecule has 0 spiro atoms. The maximum Gasteiger partial charge on any atom is 0.318 e. The summed E-state index contributed by atoms with van der Waals surface area (Å²) in [4.78, 5) is 11.5. The molecule has 0 aliphatic heterocycles. The van der Waals surface area contributed by atoms with Gasteiger partial charge in [0, 0.05) is 10.4 Å². The van der Waals surface area contributed by atoms with Crippen LogP contribution in [0.5, 0.6) is 0 Å². The summed E-state index contributed by atoms with van der Waals surface area (Å²) in [6.07, 6.45) is 0. The molecular formula is C18H15NO4S2. The Labute approximate surface area is 149 Å². The van der Waals surface area contributed by atoms with E-state index >= 15 is 0 Å². The molecule has 7 heteroatoms. The third-order valence-electron chi connectivity index (χ3n) is 3.51. The molecule has 0 aliphatic rings. The summed E-state index contributed by atoms with van der Waals surface area (Å²) < 4.78 is 27.0. The number of hydrogen-bond donors (Lipinski definition) is 2. The lowest BCUT2D eigenvalue weighted by Crippen LogP contribution is -2.28. The van der Waals surface area contributed by atoms with E-state index in [4.69, 9.17) is 5.11 Å². The average Bonchev–Trinajstić information content (AvgIpc) is 3.08. The van der Waals surface area contributed by atoms with Crippen LogP contribution in [0.3, 0.4) is 0 Å². The van der Waals surface area contributed by atoms with E-state index in [2.05, 4.69) is 4.72 Å². The first-order chi connectivity index (χ1) is 12.0. The Morgan fingerprint density at radius 3 is 2.08 bits per heavy atom. The van der Waals surface area contributed by atoms with E-state index in [9.17, 15) is 13.2 Å². The highest BCUT2D eigenvalue weighted by molar-refractivity contribution is 7.91. The Balaban J connectivity index is 2.11. The summed E-state index contributed by atoms with van der Waals surface area (Å²) in [5.74, 6) is -1.23. The van der Waals surface area contributed by atoms with E-state index in [1.165, 1.54) is 0 Å². The largest absolute Gasteiger partial charge is 0.480 e. The number of nitrogens with one attached hydrogen (secondary N) is 1. The van der Waals surface area contributed by atoms with Crippen LogP contribution in [0.25, 0.3) is 21.6 Å². The molecular weight excluding hydrogens is 358 g/mol. The molecule has 0 amide bonds. The van der Waals surface area contributed by atoms with Crippen molar-refractivity contribution in [2.45, 2.75) is 4.21 Å². The first-order valence-electron chi connectivity index (χ1n) is 7.43. The van der Waals surface area contributed by atoms with Crippen LogP contribution in [-0.2, 0) is 14.8 Å². The van der Waals surface area contributed by atoms with Crippen LogP contribution >= 0.6 is 11.3 Å². The maximum absolute atomic E-state index is 12.4. The van der Waals surface area contributed by atoms with Gasteiger partial charge in [-0.2, -0.15) is 4.72 Å². The van der Waals surface area contributed by atoms with Crippen LogP contribution < -0.4 is 4.72 Å². The molecule has 1 heterocycles. The molecule has 0 fully saturated rings. The van der Waals surface area contributed by atoms with Crippen LogP contribution in [0.15, 0.2) is 70.9 Å². The van der Waals surface area contributed by atoms with E-state index in [1.54, 1.807) is 6.07 Å². The summed E-state index contributed by atoms with van der Waals surface area (Å²) >= 11 is 1.12. The summed E-state index contributed by atoms with van der Waals surface area (Å²) in [5, 5.41) is 8.72. The third kappa shape index (κ3) is 3.96. The van der Waals surface area contributed by atoms with Gasteiger partial charge < -0.3 is 5.11 Å². The maximum atomic E-state index is 12.4. The molecule has 0 radical (unpaired) electrons.